The van der Waals surface area contributed by atoms with Crippen molar-refractivity contribution in [2.45, 2.75) is 32.4 Å². The van der Waals surface area contributed by atoms with Crippen LogP contribution in [0.15, 0.2) is 18.3 Å². The van der Waals surface area contributed by atoms with Crippen LogP contribution in [0.3, 0.4) is 0 Å². The normalized spacial score (nSPS) is 18.8. The molecule has 6 nitrogen and oxygen atoms in total. The quantitative estimate of drug-likeness (QED) is 0.730. The minimum Gasteiger partial charge on any atom is -0.354 e. The van der Waals surface area contributed by atoms with Crippen LogP contribution in [0.4, 0.5) is 0 Å². The Kier molecular flexibility index (Phi) is 4.46. The third-order valence-corrected chi connectivity index (χ3v) is 3.07. The molecule has 98 valence electrons. The van der Waals surface area contributed by atoms with E-state index in [1.807, 2.05) is 0 Å². The summed E-state index contributed by atoms with van der Waals surface area (Å²) in [6.07, 6.45) is 9.40. The standard InChI is InChI=1S/C12H19N5O/c13-6-11-8-17(16-15-11)9-12(18)14-7-10-4-2-1-3-5-10/h1-2,8,10H,3-7,9,13H2,(H,14,18). The molecule has 2 rings (SSSR count). The van der Waals surface area contributed by atoms with Crippen molar-refractivity contribution in [1.82, 2.24) is 20.3 Å². The highest BCUT2D eigenvalue weighted by molar-refractivity contribution is 5.75. The lowest BCUT2D eigenvalue weighted by Gasteiger charge is -2.17. The van der Waals surface area contributed by atoms with Gasteiger partial charge in [0, 0.05) is 13.1 Å². The van der Waals surface area contributed by atoms with E-state index in [4.69, 9.17) is 5.73 Å². The Hall–Kier alpha value is -1.69. The summed E-state index contributed by atoms with van der Waals surface area (Å²) in [6, 6.07) is 0. The maximum absolute atomic E-state index is 11.7. The van der Waals surface area contributed by atoms with Crippen LogP contribution in [0, 0.1) is 5.92 Å². The molecule has 0 aliphatic heterocycles. The van der Waals surface area contributed by atoms with Crippen molar-refractivity contribution in [2.75, 3.05) is 6.54 Å². The predicted molar refractivity (Wildman–Crippen MR) is 67.4 cm³/mol. The largest absolute Gasteiger partial charge is 0.354 e. The van der Waals surface area contributed by atoms with Gasteiger partial charge in [-0.3, -0.25) is 4.79 Å². The van der Waals surface area contributed by atoms with E-state index in [0.717, 1.165) is 25.8 Å². The Morgan fingerprint density at radius 1 is 1.56 bits per heavy atom. The number of nitrogens with two attached hydrogens (primary N) is 1. The molecule has 0 fully saturated rings. The van der Waals surface area contributed by atoms with E-state index < -0.39 is 0 Å². The molecule has 0 saturated carbocycles. The van der Waals surface area contributed by atoms with E-state index in [1.54, 1.807) is 6.20 Å². The number of nitrogens with zero attached hydrogens (tertiary/aromatic N) is 3. The molecule has 6 heteroatoms. The Balaban J connectivity index is 1.73. The molecule has 1 aliphatic carbocycles. The number of carbonyl (C=O) groups excluding carboxylic acids is 1. The summed E-state index contributed by atoms with van der Waals surface area (Å²) in [5.74, 6) is 0.535. The van der Waals surface area contributed by atoms with Crippen molar-refractivity contribution in [3.63, 3.8) is 0 Å². The van der Waals surface area contributed by atoms with Crippen LogP contribution in [0.25, 0.3) is 0 Å². The molecule has 1 unspecified atom stereocenters. The average Bonchev–Trinajstić information content (AvgIpc) is 2.85. The third-order valence-electron chi connectivity index (χ3n) is 3.07. The molecule has 1 heterocycles. The first-order valence-corrected chi connectivity index (χ1v) is 6.28. The second-order valence-corrected chi connectivity index (χ2v) is 4.57. The summed E-state index contributed by atoms with van der Waals surface area (Å²) >= 11 is 0. The van der Waals surface area contributed by atoms with Gasteiger partial charge in [0.25, 0.3) is 0 Å². The number of aromatic nitrogens is 3. The van der Waals surface area contributed by atoms with E-state index in [-0.39, 0.29) is 12.5 Å². The highest BCUT2D eigenvalue weighted by Crippen LogP contribution is 2.16. The number of hydrogen-bond acceptors (Lipinski definition) is 4. The van der Waals surface area contributed by atoms with Crippen molar-refractivity contribution in [3.05, 3.63) is 24.0 Å². The molecular weight excluding hydrogens is 230 g/mol. The van der Waals surface area contributed by atoms with E-state index >= 15 is 0 Å². The van der Waals surface area contributed by atoms with Crippen LogP contribution in [0.5, 0.6) is 0 Å². The lowest BCUT2D eigenvalue weighted by molar-refractivity contribution is -0.122. The van der Waals surface area contributed by atoms with Crippen molar-refractivity contribution in [2.24, 2.45) is 11.7 Å². The molecule has 0 saturated heterocycles. The van der Waals surface area contributed by atoms with E-state index in [0.29, 0.717) is 18.2 Å². The van der Waals surface area contributed by atoms with Crippen LogP contribution >= 0.6 is 0 Å². The first-order chi connectivity index (χ1) is 8.78. The molecule has 0 aromatic carbocycles. The number of nitrogens with one attached hydrogen (secondary N) is 1. The first-order valence-electron chi connectivity index (χ1n) is 6.28. The molecule has 1 amide bonds. The fraction of sp³-hybridized carbons (Fsp3) is 0.583. The zero-order chi connectivity index (χ0) is 12.8. The van der Waals surface area contributed by atoms with Crippen molar-refractivity contribution in [3.8, 4) is 0 Å². The summed E-state index contributed by atoms with van der Waals surface area (Å²) in [5.41, 5.74) is 6.12. The van der Waals surface area contributed by atoms with Crippen LogP contribution in [0.2, 0.25) is 0 Å². The molecule has 1 aliphatic rings. The summed E-state index contributed by atoms with van der Waals surface area (Å²) in [7, 11) is 0. The number of amides is 1. The summed E-state index contributed by atoms with van der Waals surface area (Å²) < 4.78 is 1.51. The van der Waals surface area contributed by atoms with E-state index in [1.165, 1.54) is 4.68 Å². The molecule has 0 bridgehead atoms. The van der Waals surface area contributed by atoms with Crippen molar-refractivity contribution < 1.29 is 4.79 Å². The number of allylic oxidation sites excluding steroid dienone is 2. The Labute approximate surface area is 106 Å². The highest BCUT2D eigenvalue weighted by Gasteiger charge is 2.11. The average molecular weight is 249 g/mol. The third kappa shape index (κ3) is 3.66. The highest BCUT2D eigenvalue weighted by atomic mass is 16.2. The van der Waals surface area contributed by atoms with Crippen LogP contribution < -0.4 is 11.1 Å². The molecule has 1 atom stereocenters. The fourth-order valence-corrected chi connectivity index (χ4v) is 2.01. The van der Waals surface area contributed by atoms with Gasteiger partial charge in [-0.1, -0.05) is 17.4 Å². The molecule has 0 radical (unpaired) electrons. The van der Waals surface area contributed by atoms with Crippen molar-refractivity contribution in [1.29, 1.82) is 0 Å². The molecule has 18 heavy (non-hydrogen) atoms. The second kappa shape index (κ2) is 6.30. The maximum Gasteiger partial charge on any atom is 0.241 e. The van der Waals surface area contributed by atoms with Gasteiger partial charge in [-0.25, -0.2) is 4.68 Å². The predicted octanol–water partition coefficient (Wildman–Crippen LogP) is 0.209. The van der Waals surface area contributed by atoms with Gasteiger partial charge in [-0.15, -0.1) is 5.10 Å². The molecule has 3 N–H and O–H groups in total. The first kappa shape index (κ1) is 12.8. The summed E-state index contributed by atoms with van der Waals surface area (Å²) in [5, 5.41) is 10.6. The van der Waals surface area contributed by atoms with E-state index in [9.17, 15) is 4.79 Å². The summed E-state index contributed by atoms with van der Waals surface area (Å²) in [6.45, 7) is 1.28. The molecule has 0 spiro atoms. The minimum absolute atomic E-state index is 0.0296. The van der Waals surface area contributed by atoms with Gasteiger partial charge in [0.1, 0.15) is 6.54 Å². The Morgan fingerprint density at radius 2 is 2.44 bits per heavy atom. The zero-order valence-electron chi connectivity index (χ0n) is 10.4. The minimum atomic E-state index is -0.0296. The maximum atomic E-state index is 11.7. The fourth-order valence-electron chi connectivity index (χ4n) is 2.01. The molecule has 1 aromatic rings. The van der Waals surface area contributed by atoms with Gasteiger partial charge in [-0.05, 0) is 25.2 Å². The summed E-state index contributed by atoms with van der Waals surface area (Å²) in [4.78, 5) is 11.7. The van der Waals surface area contributed by atoms with Gasteiger partial charge < -0.3 is 11.1 Å². The zero-order valence-corrected chi connectivity index (χ0v) is 10.4. The number of carbonyl (C=O) groups is 1. The lowest BCUT2D eigenvalue weighted by Crippen LogP contribution is -2.32. The number of hydrogen-bond donors (Lipinski definition) is 2. The van der Waals surface area contributed by atoms with Gasteiger partial charge in [0.15, 0.2) is 0 Å². The second-order valence-electron chi connectivity index (χ2n) is 4.57. The lowest BCUT2D eigenvalue weighted by atomic mass is 9.94. The van der Waals surface area contributed by atoms with Crippen LogP contribution in [-0.4, -0.2) is 27.4 Å². The van der Waals surface area contributed by atoms with Crippen LogP contribution in [0.1, 0.15) is 25.0 Å². The van der Waals surface area contributed by atoms with Gasteiger partial charge in [0.2, 0.25) is 5.91 Å². The van der Waals surface area contributed by atoms with Crippen LogP contribution in [-0.2, 0) is 17.9 Å². The Bertz CT molecular complexity index is 426. The smallest absolute Gasteiger partial charge is 0.241 e. The monoisotopic (exact) mass is 249 g/mol. The van der Waals surface area contributed by atoms with Gasteiger partial charge in [0.05, 0.1) is 11.9 Å². The van der Waals surface area contributed by atoms with Gasteiger partial charge >= 0.3 is 0 Å². The molecule has 1 aromatic heterocycles. The number of rotatable bonds is 5. The molecular formula is C12H19N5O. The van der Waals surface area contributed by atoms with Gasteiger partial charge in [-0.2, -0.15) is 0 Å². The SMILES string of the molecule is NCc1cn(CC(=O)NCC2CC=CCC2)nn1. The topological polar surface area (TPSA) is 85.8 Å². The van der Waals surface area contributed by atoms with Crippen molar-refractivity contribution >= 4 is 5.91 Å². The Morgan fingerprint density at radius 3 is 3.11 bits per heavy atom. The van der Waals surface area contributed by atoms with E-state index in [2.05, 4.69) is 27.8 Å².